The molecule has 1 amide bonds. The van der Waals surface area contributed by atoms with Gasteiger partial charge >= 0.3 is 0 Å². The molecule has 1 aromatic rings. The van der Waals surface area contributed by atoms with Gasteiger partial charge in [0.1, 0.15) is 5.16 Å². The molecule has 0 aromatic heterocycles. The van der Waals surface area contributed by atoms with Crippen molar-refractivity contribution in [2.45, 2.75) is 26.5 Å². The number of hydrogen-bond acceptors (Lipinski definition) is 3. The second kappa shape index (κ2) is 8.70. The molecule has 0 aliphatic rings. The van der Waals surface area contributed by atoms with Crippen molar-refractivity contribution in [2.24, 2.45) is 4.99 Å². The minimum atomic E-state index is -0.578. The zero-order chi connectivity index (χ0) is 17.6. The van der Waals surface area contributed by atoms with E-state index in [9.17, 15) is 9.18 Å². The number of halogens is 3. The number of aliphatic imine (C=N–C) groups is 1. The molecule has 0 aliphatic carbocycles. The molecule has 0 spiro atoms. The van der Waals surface area contributed by atoms with Crippen molar-refractivity contribution in [1.82, 2.24) is 5.32 Å². The first-order valence-electron chi connectivity index (χ1n) is 6.70. The van der Waals surface area contributed by atoms with E-state index < -0.39 is 11.7 Å². The predicted molar refractivity (Wildman–Crippen MR) is 91.4 cm³/mol. The minimum Gasteiger partial charge on any atom is -0.488 e. The van der Waals surface area contributed by atoms with Crippen LogP contribution >= 0.6 is 23.2 Å². The number of ether oxygens (including phenoxy) is 1. The number of amides is 1. The van der Waals surface area contributed by atoms with Crippen molar-refractivity contribution in [2.75, 3.05) is 0 Å². The van der Waals surface area contributed by atoms with Crippen molar-refractivity contribution in [3.8, 4) is 5.75 Å². The van der Waals surface area contributed by atoms with E-state index in [0.29, 0.717) is 5.56 Å². The number of rotatable bonds is 7. The number of benzene rings is 1. The fourth-order valence-electron chi connectivity index (χ4n) is 1.68. The summed E-state index contributed by atoms with van der Waals surface area (Å²) in [4.78, 5) is 15.5. The van der Waals surface area contributed by atoms with E-state index in [0.717, 1.165) is 0 Å². The molecule has 1 rings (SSSR count). The van der Waals surface area contributed by atoms with Gasteiger partial charge in [-0.25, -0.2) is 4.39 Å². The summed E-state index contributed by atoms with van der Waals surface area (Å²) in [7, 11) is 0. The molecule has 0 saturated heterocycles. The lowest BCUT2D eigenvalue weighted by Gasteiger charge is -2.12. The van der Waals surface area contributed by atoms with Crippen molar-refractivity contribution in [3.05, 3.63) is 51.9 Å². The topological polar surface area (TPSA) is 50.7 Å². The van der Waals surface area contributed by atoms with Crippen LogP contribution in [-0.2, 0) is 11.3 Å². The third-order valence-electron chi connectivity index (χ3n) is 2.66. The maximum atomic E-state index is 13.9. The predicted octanol–water partition coefficient (Wildman–Crippen LogP) is 4.13. The van der Waals surface area contributed by atoms with E-state index in [1.165, 1.54) is 12.1 Å². The summed E-state index contributed by atoms with van der Waals surface area (Å²) in [6.45, 7) is 10.4. The molecular weight excluding hydrogens is 342 g/mol. The van der Waals surface area contributed by atoms with Gasteiger partial charge in [-0.3, -0.25) is 9.79 Å². The van der Waals surface area contributed by atoms with Gasteiger partial charge in [0.05, 0.1) is 11.7 Å². The van der Waals surface area contributed by atoms with E-state index in [1.54, 1.807) is 19.9 Å². The Kier molecular flexibility index (Phi) is 7.26. The lowest BCUT2D eigenvalue weighted by atomic mass is 10.2. The van der Waals surface area contributed by atoms with Crippen LogP contribution in [0.25, 0.3) is 0 Å². The standard InChI is InChI=1S/C16H17Cl2FN2O2/c1-9(2)23-13-6-5-11(7-12(13)19)8-21-16(22)14(10(3)17)15(18)20-4/h5-7,9H,3-4,8H2,1-2H3,(H,21,22)/b15-14+. The first-order valence-corrected chi connectivity index (χ1v) is 7.46. The molecule has 1 N–H and O–H groups in total. The fraction of sp³-hybridized carbons (Fsp3) is 0.250. The van der Waals surface area contributed by atoms with Crippen LogP contribution in [0, 0.1) is 5.82 Å². The van der Waals surface area contributed by atoms with Crippen molar-refractivity contribution < 1.29 is 13.9 Å². The van der Waals surface area contributed by atoms with Gasteiger partial charge in [-0.1, -0.05) is 35.8 Å². The van der Waals surface area contributed by atoms with Gasteiger partial charge in [0.25, 0.3) is 5.91 Å². The third kappa shape index (κ3) is 5.69. The molecule has 0 unspecified atom stereocenters. The summed E-state index contributed by atoms with van der Waals surface area (Å²) >= 11 is 11.5. The van der Waals surface area contributed by atoms with Gasteiger partial charge in [-0.2, -0.15) is 0 Å². The highest BCUT2D eigenvalue weighted by Gasteiger charge is 2.16. The Balaban J connectivity index is 2.82. The summed E-state index contributed by atoms with van der Waals surface area (Å²) in [5.41, 5.74) is 0.470. The Morgan fingerprint density at radius 2 is 2.09 bits per heavy atom. The van der Waals surface area contributed by atoms with Crippen LogP contribution in [0.5, 0.6) is 5.75 Å². The summed E-state index contributed by atoms with van der Waals surface area (Å²) in [5.74, 6) is -0.928. The van der Waals surface area contributed by atoms with Crippen LogP contribution in [0.1, 0.15) is 19.4 Å². The van der Waals surface area contributed by atoms with E-state index >= 15 is 0 Å². The average molecular weight is 359 g/mol. The van der Waals surface area contributed by atoms with Crippen LogP contribution in [0.3, 0.4) is 0 Å². The lowest BCUT2D eigenvalue weighted by molar-refractivity contribution is -0.117. The molecule has 0 fully saturated rings. The number of hydrogen-bond donors (Lipinski definition) is 1. The van der Waals surface area contributed by atoms with E-state index in [-0.39, 0.29) is 34.2 Å². The summed E-state index contributed by atoms with van der Waals surface area (Å²) in [5, 5.41) is 2.34. The van der Waals surface area contributed by atoms with Gasteiger partial charge in [0.15, 0.2) is 11.6 Å². The highest BCUT2D eigenvalue weighted by molar-refractivity contribution is 6.39. The summed E-state index contributed by atoms with van der Waals surface area (Å²) in [6, 6.07) is 4.43. The Morgan fingerprint density at radius 1 is 1.43 bits per heavy atom. The summed E-state index contributed by atoms with van der Waals surface area (Å²) < 4.78 is 19.2. The van der Waals surface area contributed by atoms with Crippen LogP contribution in [0.2, 0.25) is 0 Å². The Hall–Kier alpha value is -1.85. The molecule has 0 bridgehead atoms. The number of nitrogens with zero attached hydrogens (tertiary/aromatic N) is 1. The van der Waals surface area contributed by atoms with Crippen molar-refractivity contribution in [1.29, 1.82) is 0 Å². The Bertz CT molecular complexity index is 657. The first-order chi connectivity index (χ1) is 10.8. The SMILES string of the molecule is C=N/C(Cl)=C(\C(=C)Cl)C(=O)NCc1ccc(OC(C)C)c(F)c1. The molecule has 23 heavy (non-hydrogen) atoms. The molecule has 0 atom stereocenters. The number of carbonyl (C=O) groups is 1. The third-order valence-corrected chi connectivity index (χ3v) is 3.15. The minimum absolute atomic E-state index is 0.0632. The maximum Gasteiger partial charge on any atom is 0.256 e. The second-order valence-electron chi connectivity index (χ2n) is 4.84. The molecule has 0 radical (unpaired) electrons. The second-order valence-corrected chi connectivity index (χ2v) is 5.66. The van der Waals surface area contributed by atoms with Gasteiger partial charge in [0.2, 0.25) is 0 Å². The Morgan fingerprint density at radius 3 is 2.57 bits per heavy atom. The maximum absolute atomic E-state index is 13.9. The zero-order valence-corrected chi connectivity index (χ0v) is 14.3. The average Bonchev–Trinajstić information content (AvgIpc) is 2.46. The number of carbonyl (C=O) groups excluding carboxylic acids is 1. The van der Waals surface area contributed by atoms with Crippen LogP contribution in [-0.4, -0.2) is 18.7 Å². The summed E-state index contributed by atoms with van der Waals surface area (Å²) in [6.07, 6.45) is -0.133. The van der Waals surface area contributed by atoms with Gasteiger partial charge in [0, 0.05) is 11.6 Å². The monoisotopic (exact) mass is 358 g/mol. The lowest BCUT2D eigenvalue weighted by Crippen LogP contribution is -2.25. The molecule has 0 heterocycles. The van der Waals surface area contributed by atoms with E-state index in [4.69, 9.17) is 27.9 Å². The van der Waals surface area contributed by atoms with Crippen LogP contribution in [0.4, 0.5) is 4.39 Å². The molecule has 7 heteroatoms. The largest absolute Gasteiger partial charge is 0.488 e. The smallest absolute Gasteiger partial charge is 0.256 e. The molecule has 0 aliphatic heterocycles. The highest BCUT2D eigenvalue weighted by atomic mass is 35.5. The fourth-order valence-corrected chi connectivity index (χ4v) is 2.11. The van der Waals surface area contributed by atoms with Gasteiger partial charge in [-0.05, 0) is 38.3 Å². The molecule has 4 nitrogen and oxygen atoms in total. The zero-order valence-electron chi connectivity index (χ0n) is 12.8. The van der Waals surface area contributed by atoms with Crippen LogP contribution in [0.15, 0.2) is 45.5 Å². The highest BCUT2D eigenvalue weighted by Crippen LogP contribution is 2.22. The molecule has 1 aromatic carbocycles. The van der Waals surface area contributed by atoms with Crippen molar-refractivity contribution in [3.63, 3.8) is 0 Å². The quantitative estimate of drug-likeness (QED) is 0.344. The molecule has 124 valence electrons. The van der Waals surface area contributed by atoms with Gasteiger partial charge < -0.3 is 10.1 Å². The van der Waals surface area contributed by atoms with Crippen LogP contribution < -0.4 is 10.1 Å². The van der Waals surface area contributed by atoms with Gasteiger partial charge in [-0.15, -0.1) is 0 Å². The molecular formula is C16H17Cl2FN2O2. The number of nitrogens with one attached hydrogen (secondary N) is 1. The molecule has 0 saturated carbocycles. The van der Waals surface area contributed by atoms with E-state index in [2.05, 4.69) is 23.6 Å². The first kappa shape index (κ1) is 19.2. The Labute approximate surface area is 144 Å². The normalized spacial score (nSPS) is 11.7. The van der Waals surface area contributed by atoms with E-state index in [1.807, 2.05) is 0 Å². The van der Waals surface area contributed by atoms with Crippen molar-refractivity contribution >= 4 is 35.8 Å².